The molecule has 0 amide bonds. The minimum atomic E-state index is 0.226. The molecule has 0 aliphatic heterocycles. The highest BCUT2D eigenvalue weighted by Gasteiger charge is 2.20. The third-order valence-electron chi connectivity index (χ3n) is 2.49. The van der Waals surface area contributed by atoms with Crippen LogP contribution >= 0.6 is 11.5 Å². The molecule has 0 aromatic carbocycles. The fraction of sp³-hybridized carbons (Fsp3) is 0.833. The van der Waals surface area contributed by atoms with Crippen molar-refractivity contribution in [1.82, 2.24) is 14.9 Å². The van der Waals surface area contributed by atoms with Gasteiger partial charge < -0.3 is 10.1 Å². The summed E-state index contributed by atoms with van der Waals surface area (Å²) in [5, 5.41) is 7.66. The monoisotopic (exact) mass is 257 g/mol. The summed E-state index contributed by atoms with van der Waals surface area (Å²) in [5.74, 6) is 0.413. The standard InChI is InChI=1S/C12H23N3OS/c1-5-7-16-8-10(13-6-2)12-11(9(3)4)14-15-17-12/h9-10,13H,5-8H2,1-4H3. The molecule has 0 saturated heterocycles. The number of ether oxygens (including phenoxy) is 1. The lowest BCUT2D eigenvalue weighted by Gasteiger charge is -2.18. The van der Waals surface area contributed by atoms with E-state index in [2.05, 4.69) is 42.6 Å². The minimum Gasteiger partial charge on any atom is -0.379 e. The summed E-state index contributed by atoms with van der Waals surface area (Å²) in [6.07, 6.45) is 1.05. The molecule has 0 fully saturated rings. The molecule has 1 N–H and O–H groups in total. The predicted octanol–water partition coefficient (Wildman–Crippen LogP) is 2.74. The van der Waals surface area contributed by atoms with E-state index in [1.54, 1.807) is 0 Å². The molecule has 1 heterocycles. The second-order valence-corrected chi connectivity index (χ2v) is 5.15. The molecule has 5 heteroatoms. The Hall–Kier alpha value is -0.520. The Morgan fingerprint density at radius 1 is 1.35 bits per heavy atom. The number of hydrogen-bond donors (Lipinski definition) is 1. The Morgan fingerprint density at radius 3 is 2.71 bits per heavy atom. The Kier molecular flexibility index (Phi) is 6.62. The molecule has 0 radical (unpaired) electrons. The van der Waals surface area contributed by atoms with Crippen LogP contribution in [0.25, 0.3) is 0 Å². The zero-order chi connectivity index (χ0) is 12.7. The zero-order valence-corrected chi connectivity index (χ0v) is 12.0. The maximum atomic E-state index is 5.64. The van der Waals surface area contributed by atoms with Crippen LogP contribution in [0.2, 0.25) is 0 Å². The normalized spacial score (nSPS) is 13.2. The van der Waals surface area contributed by atoms with Crippen molar-refractivity contribution in [3.05, 3.63) is 10.6 Å². The molecular weight excluding hydrogens is 234 g/mol. The van der Waals surface area contributed by atoms with E-state index in [0.717, 1.165) is 25.3 Å². The van der Waals surface area contributed by atoms with Crippen molar-refractivity contribution in [2.45, 2.75) is 46.1 Å². The van der Waals surface area contributed by atoms with Crippen molar-refractivity contribution in [1.29, 1.82) is 0 Å². The third-order valence-corrected chi connectivity index (χ3v) is 3.34. The molecule has 0 aliphatic rings. The summed E-state index contributed by atoms with van der Waals surface area (Å²) >= 11 is 1.48. The summed E-state index contributed by atoms with van der Waals surface area (Å²) in [7, 11) is 0. The highest BCUT2D eigenvalue weighted by Crippen LogP contribution is 2.26. The lowest BCUT2D eigenvalue weighted by Crippen LogP contribution is -2.26. The van der Waals surface area contributed by atoms with Crippen LogP contribution in [-0.4, -0.2) is 29.3 Å². The van der Waals surface area contributed by atoms with Gasteiger partial charge in [0.25, 0.3) is 0 Å². The van der Waals surface area contributed by atoms with Crippen LogP contribution in [0.3, 0.4) is 0 Å². The van der Waals surface area contributed by atoms with E-state index >= 15 is 0 Å². The molecule has 1 aromatic rings. The Bertz CT molecular complexity index is 314. The van der Waals surface area contributed by atoms with Crippen molar-refractivity contribution in [2.75, 3.05) is 19.8 Å². The number of likely N-dealkylation sites (N-methyl/N-ethyl adjacent to an activating group) is 1. The Morgan fingerprint density at radius 2 is 2.12 bits per heavy atom. The molecular formula is C12H23N3OS. The van der Waals surface area contributed by atoms with Gasteiger partial charge in [-0.15, -0.1) is 5.10 Å². The summed E-state index contributed by atoms with van der Waals surface area (Å²) in [6.45, 7) is 11.0. The second-order valence-electron chi connectivity index (χ2n) is 4.36. The highest BCUT2D eigenvalue weighted by molar-refractivity contribution is 7.05. The average Bonchev–Trinajstić information content (AvgIpc) is 2.77. The molecule has 0 aliphatic carbocycles. The van der Waals surface area contributed by atoms with Crippen molar-refractivity contribution < 1.29 is 4.74 Å². The van der Waals surface area contributed by atoms with Crippen molar-refractivity contribution in [2.24, 2.45) is 0 Å². The van der Waals surface area contributed by atoms with Crippen LogP contribution in [-0.2, 0) is 4.74 Å². The molecule has 4 nitrogen and oxygen atoms in total. The van der Waals surface area contributed by atoms with Gasteiger partial charge in [-0.3, -0.25) is 0 Å². The topological polar surface area (TPSA) is 47.0 Å². The van der Waals surface area contributed by atoms with Gasteiger partial charge in [0.1, 0.15) is 0 Å². The van der Waals surface area contributed by atoms with Crippen LogP contribution in [0, 0.1) is 0 Å². The molecule has 0 bridgehead atoms. The second kappa shape index (κ2) is 7.74. The van der Waals surface area contributed by atoms with Gasteiger partial charge >= 0.3 is 0 Å². The molecule has 0 spiro atoms. The maximum absolute atomic E-state index is 5.64. The Balaban J connectivity index is 2.70. The first kappa shape index (κ1) is 14.5. The largest absolute Gasteiger partial charge is 0.379 e. The average molecular weight is 257 g/mol. The molecule has 1 rings (SSSR count). The summed E-state index contributed by atoms with van der Waals surface area (Å²) in [5.41, 5.74) is 1.10. The summed E-state index contributed by atoms with van der Waals surface area (Å²) in [4.78, 5) is 1.22. The third kappa shape index (κ3) is 4.33. The van der Waals surface area contributed by atoms with Gasteiger partial charge in [-0.05, 0) is 30.4 Å². The Labute approximate surface area is 108 Å². The maximum Gasteiger partial charge on any atom is 0.0829 e. The SMILES string of the molecule is CCCOCC(NCC)c1snnc1C(C)C. The van der Waals surface area contributed by atoms with Crippen molar-refractivity contribution in [3.8, 4) is 0 Å². The first-order valence-corrected chi connectivity index (χ1v) is 7.11. The number of aromatic nitrogens is 2. The molecule has 1 aromatic heterocycles. The number of nitrogens with zero attached hydrogens (tertiary/aromatic N) is 2. The van der Waals surface area contributed by atoms with Gasteiger partial charge in [0.05, 0.1) is 23.2 Å². The smallest absolute Gasteiger partial charge is 0.0829 e. The van der Waals surface area contributed by atoms with E-state index < -0.39 is 0 Å². The molecule has 17 heavy (non-hydrogen) atoms. The molecule has 98 valence electrons. The summed E-state index contributed by atoms with van der Waals surface area (Å²) in [6, 6.07) is 0.226. The first-order valence-electron chi connectivity index (χ1n) is 6.33. The quantitative estimate of drug-likeness (QED) is 0.727. The van der Waals surface area contributed by atoms with E-state index in [0.29, 0.717) is 12.5 Å². The van der Waals surface area contributed by atoms with Gasteiger partial charge in [-0.25, -0.2) is 0 Å². The highest BCUT2D eigenvalue weighted by atomic mass is 32.1. The fourth-order valence-corrected chi connectivity index (χ4v) is 2.53. The van der Waals surface area contributed by atoms with Crippen molar-refractivity contribution >= 4 is 11.5 Å². The lowest BCUT2D eigenvalue weighted by atomic mass is 10.1. The van der Waals surface area contributed by atoms with Crippen LogP contribution in [0.5, 0.6) is 0 Å². The van der Waals surface area contributed by atoms with E-state index in [1.165, 1.54) is 16.4 Å². The van der Waals surface area contributed by atoms with Crippen molar-refractivity contribution in [3.63, 3.8) is 0 Å². The van der Waals surface area contributed by atoms with E-state index in [-0.39, 0.29) is 6.04 Å². The molecule has 1 atom stereocenters. The number of hydrogen-bond acceptors (Lipinski definition) is 5. The van der Waals surface area contributed by atoms with Crippen LogP contribution in [0.15, 0.2) is 0 Å². The van der Waals surface area contributed by atoms with E-state index in [4.69, 9.17) is 4.74 Å². The first-order chi connectivity index (χ1) is 8.20. The van der Waals surface area contributed by atoms with Crippen LogP contribution < -0.4 is 5.32 Å². The van der Waals surface area contributed by atoms with Gasteiger partial charge in [-0.1, -0.05) is 32.2 Å². The van der Waals surface area contributed by atoms with Gasteiger partial charge in [0.15, 0.2) is 0 Å². The summed E-state index contributed by atoms with van der Waals surface area (Å²) < 4.78 is 9.72. The van der Waals surface area contributed by atoms with E-state index in [9.17, 15) is 0 Å². The zero-order valence-electron chi connectivity index (χ0n) is 11.2. The van der Waals surface area contributed by atoms with Gasteiger partial charge in [0, 0.05) is 6.61 Å². The lowest BCUT2D eigenvalue weighted by molar-refractivity contribution is 0.113. The molecule has 1 unspecified atom stereocenters. The fourth-order valence-electron chi connectivity index (χ4n) is 1.67. The molecule has 0 saturated carbocycles. The number of nitrogens with one attached hydrogen (secondary N) is 1. The van der Waals surface area contributed by atoms with E-state index in [1.807, 2.05) is 0 Å². The predicted molar refractivity (Wildman–Crippen MR) is 71.5 cm³/mol. The van der Waals surface area contributed by atoms with Gasteiger partial charge in [-0.2, -0.15) is 0 Å². The minimum absolute atomic E-state index is 0.226. The van der Waals surface area contributed by atoms with Crippen LogP contribution in [0.4, 0.5) is 0 Å². The van der Waals surface area contributed by atoms with Crippen LogP contribution in [0.1, 0.15) is 56.6 Å². The van der Waals surface area contributed by atoms with Gasteiger partial charge in [0.2, 0.25) is 0 Å². The number of rotatable bonds is 8.